The van der Waals surface area contributed by atoms with E-state index >= 15 is 0 Å². The van der Waals surface area contributed by atoms with Gasteiger partial charge in [-0.25, -0.2) is 8.42 Å². The molecule has 2 N–H and O–H groups in total. The number of hydrogen-bond donors (Lipinski definition) is 1. The van der Waals surface area contributed by atoms with E-state index in [-0.39, 0.29) is 23.5 Å². The van der Waals surface area contributed by atoms with E-state index in [1.54, 1.807) is 14.0 Å². The van der Waals surface area contributed by atoms with E-state index in [0.717, 1.165) is 6.42 Å². The summed E-state index contributed by atoms with van der Waals surface area (Å²) in [6.45, 7) is 3.68. The standard InChI is InChI=1S/C11H22N2O3S/c1-4-6-11(2,12)10(14)13(3)9-5-7-17(15,16)8-9/h9H,4-8,12H2,1-3H3. The van der Waals surface area contributed by atoms with Crippen molar-refractivity contribution in [1.82, 2.24) is 4.90 Å². The molecule has 0 radical (unpaired) electrons. The number of hydrogen-bond acceptors (Lipinski definition) is 4. The smallest absolute Gasteiger partial charge is 0.242 e. The molecule has 0 spiro atoms. The molecule has 1 heterocycles. The number of carbonyl (C=O) groups is 1. The minimum Gasteiger partial charge on any atom is -0.340 e. The number of likely N-dealkylation sites (N-methyl/N-ethyl adjacent to an activating group) is 1. The molecule has 2 unspecified atom stereocenters. The zero-order chi connectivity index (χ0) is 13.3. The van der Waals surface area contributed by atoms with Gasteiger partial charge in [-0.05, 0) is 19.8 Å². The Morgan fingerprint density at radius 1 is 1.53 bits per heavy atom. The zero-order valence-electron chi connectivity index (χ0n) is 10.8. The first-order valence-corrected chi connectivity index (χ1v) is 7.78. The van der Waals surface area contributed by atoms with Crippen LogP contribution >= 0.6 is 0 Å². The number of nitrogens with zero attached hydrogens (tertiary/aromatic N) is 1. The monoisotopic (exact) mass is 262 g/mol. The Hall–Kier alpha value is -0.620. The number of rotatable bonds is 4. The van der Waals surface area contributed by atoms with Gasteiger partial charge in [-0.2, -0.15) is 0 Å². The summed E-state index contributed by atoms with van der Waals surface area (Å²) in [5.41, 5.74) is 5.07. The van der Waals surface area contributed by atoms with Gasteiger partial charge in [0, 0.05) is 13.1 Å². The van der Waals surface area contributed by atoms with Gasteiger partial charge in [-0.15, -0.1) is 0 Å². The van der Waals surface area contributed by atoms with Crippen molar-refractivity contribution in [2.24, 2.45) is 5.73 Å². The SMILES string of the molecule is CCCC(C)(N)C(=O)N(C)C1CCS(=O)(=O)C1. The minimum absolute atomic E-state index is 0.0669. The van der Waals surface area contributed by atoms with Crippen molar-refractivity contribution in [3.05, 3.63) is 0 Å². The lowest BCUT2D eigenvalue weighted by atomic mass is 9.95. The van der Waals surface area contributed by atoms with Crippen LogP contribution in [0.5, 0.6) is 0 Å². The molecule has 1 aliphatic heterocycles. The summed E-state index contributed by atoms with van der Waals surface area (Å²) in [5.74, 6) is 0.0726. The van der Waals surface area contributed by atoms with Crippen molar-refractivity contribution < 1.29 is 13.2 Å². The first-order valence-electron chi connectivity index (χ1n) is 5.96. The summed E-state index contributed by atoms with van der Waals surface area (Å²) in [7, 11) is -1.32. The third kappa shape index (κ3) is 3.42. The number of sulfone groups is 1. The molecular formula is C11H22N2O3S. The van der Waals surface area contributed by atoms with Crippen molar-refractivity contribution in [2.75, 3.05) is 18.6 Å². The summed E-state index contributed by atoms with van der Waals surface area (Å²) in [6, 6.07) is -0.216. The van der Waals surface area contributed by atoms with Crippen molar-refractivity contribution in [3.8, 4) is 0 Å². The Balaban J connectivity index is 2.71. The predicted octanol–water partition coefficient (Wildman–Crippen LogP) is 0.149. The number of amides is 1. The Morgan fingerprint density at radius 2 is 2.12 bits per heavy atom. The lowest BCUT2D eigenvalue weighted by Crippen LogP contribution is -2.54. The molecule has 0 bridgehead atoms. The van der Waals surface area contributed by atoms with Crippen LogP contribution in [0.4, 0.5) is 0 Å². The maximum Gasteiger partial charge on any atom is 0.242 e. The van der Waals surface area contributed by atoms with Crippen LogP contribution in [0.3, 0.4) is 0 Å². The average molecular weight is 262 g/mol. The van der Waals surface area contributed by atoms with Gasteiger partial charge in [0.1, 0.15) is 0 Å². The van der Waals surface area contributed by atoms with Gasteiger partial charge in [-0.3, -0.25) is 4.79 Å². The van der Waals surface area contributed by atoms with Crippen LogP contribution in [0.1, 0.15) is 33.1 Å². The van der Waals surface area contributed by atoms with Crippen molar-refractivity contribution in [2.45, 2.75) is 44.7 Å². The first kappa shape index (κ1) is 14.4. The van der Waals surface area contributed by atoms with E-state index in [2.05, 4.69) is 0 Å². The summed E-state index contributed by atoms with van der Waals surface area (Å²) in [5, 5.41) is 0. The van der Waals surface area contributed by atoms with Crippen molar-refractivity contribution in [1.29, 1.82) is 0 Å². The molecule has 100 valence electrons. The third-order valence-corrected chi connectivity index (χ3v) is 5.08. The zero-order valence-corrected chi connectivity index (χ0v) is 11.6. The second-order valence-corrected chi connectivity index (χ2v) is 7.37. The summed E-state index contributed by atoms with van der Waals surface area (Å²) < 4.78 is 22.7. The molecule has 6 heteroatoms. The van der Waals surface area contributed by atoms with E-state index in [1.807, 2.05) is 6.92 Å². The van der Waals surface area contributed by atoms with E-state index in [4.69, 9.17) is 5.73 Å². The molecule has 1 amide bonds. The van der Waals surface area contributed by atoms with Gasteiger partial charge >= 0.3 is 0 Å². The molecule has 0 aliphatic carbocycles. The van der Waals surface area contributed by atoms with Crippen LogP contribution in [0.15, 0.2) is 0 Å². The van der Waals surface area contributed by atoms with Crippen LogP contribution < -0.4 is 5.73 Å². The molecule has 1 fully saturated rings. The first-order chi connectivity index (χ1) is 7.69. The molecule has 17 heavy (non-hydrogen) atoms. The maximum atomic E-state index is 12.2. The Morgan fingerprint density at radius 3 is 2.53 bits per heavy atom. The van der Waals surface area contributed by atoms with Crippen molar-refractivity contribution in [3.63, 3.8) is 0 Å². The highest BCUT2D eigenvalue weighted by Crippen LogP contribution is 2.20. The molecule has 1 saturated heterocycles. The fourth-order valence-electron chi connectivity index (χ4n) is 2.28. The van der Waals surface area contributed by atoms with Crippen LogP contribution in [0.2, 0.25) is 0 Å². The molecule has 0 aromatic heterocycles. The molecule has 1 rings (SSSR count). The third-order valence-electron chi connectivity index (χ3n) is 3.33. The normalized spacial score (nSPS) is 26.5. The van der Waals surface area contributed by atoms with Gasteiger partial charge in [0.25, 0.3) is 0 Å². The van der Waals surface area contributed by atoms with Gasteiger partial charge in [0.2, 0.25) is 5.91 Å². The molecule has 5 nitrogen and oxygen atoms in total. The van der Waals surface area contributed by atoms with E-state index in [0.29, 0.717) is 12.8 Å². The lowest BCUT2D eigenvalue weighted by Gasteiger charge is -2.32. The molecule has 2 atom stereocenters. The van der Waals surface area contributed by atoms with Crippen LogP contribution in [-0.4, -0.2) is 49.4 Å². The summed E-state index contributed by atoms with van der Waals surface area (Å²) >= 11 is 0. The summed E-state index contributed by atoms with van der Waals surface area (Å²) in [6.07, 6.45) is 1.96. The highest BCUT2D eigenvalue weighted by atomic mass is 32.2. The van der Waals surface area contributed by atoms with Crippen LogP contribution in [-0.2, 0) is 14.6 Å². The fraction of sp³-hybridized carbons (Fsp3) is 0.909. The van der Waals surface area contributed by atoms with E-state index in [1.165, 1.54) is 4.90 Å². The Labute approximate surface area is 103 Å². The second-order valence-electron chi connectivity index (χ2n) is 5.14. The number of nitrogens with two attached hydrogens (primary N) is 1. The molecule has 0 aromatic rings. The van der Waals surface area contributed by atoms with Gasteiger partial charge in [-0.1, -0.05) is 13.3 Å². The van der Waals surface area contributed by atoms with Crippen LogP contribution in [0, 0.1) is 0 Å². The minimum atomic E-state index is -2.97. The van der Waals surface area contributed by atoms with E-state index in [9.17, 15) is 13.2 Å². The molecule has 0 aromatic carbocycles. The maximum absolute atomic E-state index is 12.2. The largest absolute Gasteiger partial charge is 0.340 e. The van der Waals surface area contributed by atoms with Gasteiger partial charge < -0.3 is 10.6 Å². The van der Waals surface area contributed by atoms with Crippen LogP contribution in [0.25, 0.3) is 0 Å². The van der Waals surface area contributed by atoms with Gasteiger partial charge in [0.15, 0.2) is 9.84 Å². The lowest BCUT2D eigenvalue weighted by molar-refractivity contribution is -0.137. The van der Waals surface area contributed by atoms with Gasteiger partial charge in [0.05, 0.1) is 17.0 Å². The second kappa shape index (κ2) is 4.94. The quantitative estimate of drug-likeness (QED) is 0.782. The van der Waals surface area contributed by atoms with E-state index < -0.39 is 15.4 Å². The highest BCUT2D eigenvalue weighted by Gasteiger charge is 2.37. The Bertz CT molecular complexity index is 390. The predicted molar refractivity (Wildman–Crippen MR) is 67.3 cm³/mol. The molecule has 0 saturated carbocycles. The molecule has 1 aliphatic rings. The van der Waals surface area contributed by atoms with Crippen molar-refractivity contribution >= 4 is 15.7 Å². The Kier molecular flexibility index (Phi) is 4.19. The number of carbonyl (C=O) groups excluding carboxylic acids is 1. The fourth-order valence-corrected chi connectivity index (χ4v) is 4.05. The molecular weight excluding hydrogens is 240 g/mol. The highest BCUT2D eigenvalue weighted by molar-refractivity contribution is 7.91. The summed E-state index contributed by atoms with van der Waals surface area (Å²) in [4.78, 5) is 13.7. The topological polar surface area (TPSA) is 80.5 Å². The average Bonchev–Trinajstić information content (AvgIpc) is 2.56.